The number of nitrogens with zero attached hydrogens (tertiary/aromatic N) is 2. The summed E-state index contributed by atoms with van der Waals surface area (Å²) in [4.78, 5) is 4.94. The molecule has 0 spiro atoms. The lowest BCUT2D eigenvalue weighted by molar-refractivity contribution is 0.599. The van der Waals surface area contributed by atoms with Crippen LogP contribution in [0, 0.1) is 6.92 Å². The first kappa shape index (κ1) is 17.1. The van der Waals surface area contributed by atoms with Gasteiger partial charge in [-0.15, -0.1) is 15.7 Å². The van der Waals surface area contributed by atoms with E-state index in [1.807, 2.05) is 30.3 Å². The number of fused-ring (bicyclic) bond motifs is 2. The van der Waals surface area contributed by atoms with Gasteiger partial charge in [0.2, 0.25) is 0 Å². The van der Waals surface area contributed by atoms with Crippen LogP contribution in [0.4, 0.5) is 5.69 Å². The quantitative estimate of drug-likeness (QED) is 0.518. The van der Waals surface area contributed by atoms with Gasteiger partial charge in [-0.3, -0.25) is 0 Å². The van der Waals surface area contributed by atoms with Crippen LogP contribution in [0.2, 0.25) is 0 Å². The Bertz CT molecular complexity index is 1350. The normalized spacial score (nSPS) is 14.7. The largest absolute Gasteiger partial charge is 0.339 e. The smallest absolute Gasteiger partial charge is 0.285 e. The second-order valence-corrected chi connectivity index (χ2v) is 9.21. The van der Waals surface area contributed by atoms with E-state index in [1.54, 1.807) is 35.6 Å². The Labute approximate surface area is 166 Å². The van der Waals surface area contributed by atoms with Gasteiger partial charge in [-0.05, 0) is 61.0 Å². The minimum absolute atomic E-state index is 0.235. The lowest BCUT2D eigenvalue weighted by Gasteiger charge is -2.07. The topological polar surface area (TPSA) is 71.4 Å². The van der Waals surface area contributed by atoms with Crippen LogP contribution in [-0.4, -0.2) is 19.2 Å². The van der Waals surface area contributed by atoms with Gasteiger partial charge in [-0.25, -0.2) is 4.98 Å². The first-order valence-corrected chi connectivity index (χ1v) is 10.9. The highest BCUT2D eigenvalue weighted by Gasteiger charge is 2.28. The number of thiazole rings is 1. The van der Waals surface area contributed by atoms with Crippen LogP contribution >= 0.6 is 11.3 Å². The van der Waals surface area contributed by atoms with Crippen molar-refractivity contribution in [2.24, 2.45) is 4.40 Å². The number of aryl methyl sites for hydroxylation is 1. The third-order valence-corrected chi connectivity index (χ3v) is 6.97. The van der Waals surface area contributed by atoms with Crippen molar-refractivity contribution in [1.82, 2.24) is 4.98 Å². The zero-order valence-corrected chi connectivity index (χ0v) is 16.5. The summed E-state index contributed by atoms with van der Waals surface area (Å²) in [6, 6.07) is 20.8. The van der Waals surface area contributed by atoms with E-state index in [0.29, 0.717) is 11.4 Å². The molecule has 1 aliphatic rings. The number of amidine groups is 1. The highest BCUT2D eigenvalue weighted by Crippen LogP contribution is 2.32. The Kier molecular flexibility index (Phi) is 3.82. The Morgan fingerprint density at radius 2 is 1.75 bits per heavy atom. The molecule has 4 aromatic rings. The molecular formula is C21H15N3O2S2. The van der Waals surface area contributed by atoms with Crippen LogP contribution in [0.1, 0.15) is 11.1 Å². The van der Waals surface area contributed by atoms with Crippen LogP contribution in [0.15, 0.2) is 76.0 Å². The molecule has 0 fully saturated rings. The van der Waals surface area contributed by atoms with Gasteiger partial charge in [0, 0.05) is 16.8 Å². The molecule has 0 saturated heterocycles. The van der Waals surface area contributed by atoms with Gasteiger partial charge in [0.15, 0.2) is 5.84 Å². The van der Waals surface area contributed by atoms with Crippen molar-refractivity contribution in [3.05, 3.63) is 77.9 Å². The Morgan fingerprint density at radius 3 is 2.57 bits per heavy atom. The van der Waals surface area contributed by atoms with Gasteiger partial charge in [0.05, 0.1) is 10.2 Å². The van der Waals surface area contributed by atoms with E-state index in [-0.39, 0.29) is 4.90 Å². The fraction of sp³-hybridized carbons (Fsp3) is 0.0476. The highest BCUT2D eigenvalue weighted by molar-refractivity contribution is 7.90. The number of rotatable bonds is 2. The molecule has 5 nitrogen and oxygen atoms in total. The molecule has 1 aliphatic heterocycles. The van der Waals surface area contributed by atoms with E-state index in [2.05, 4.69) is 28.8 Å². The predicted octanol–water partition coefficient (Wildman–Crippen LogP) is 4.83. The van der Waals surface area contributed by atoms with E-state index < -0.39 is 10.0 Å². The van der Waals surface area contributed by atoms with Gasteiger partial charge >= 0.3 is 0 Å². The van der Waals surface area contributed by atoms with Gasteiger partial charge < -0.3 is 5.32 Å². The lowest BCUT2D eigenvalue weighted by atomic mass is 10.2. The Morgan fingerprint density at radius 1 is 0.964 bits per heavy atom. The van der Waals surface area contributed by atoms with E-state index >= 15 is 0 Å². The van der Waals surface area contributed by atoms with Gasteiger partial charge in [-0.2, -0.15) is 8.42 Å². The van der Waals surface area contributed by atoms with Crippen molar-refractivity contribution in [3.63, 3.8) is 0 Å². The molecule has 2 heterocycles. The summed E-state index contributed by atoms with van der Waals surface area (Å²) in [5, 5.41) is 4.08. The Hall–Kier alpha value is -3.03. The van der Waals surface area contributed by atoms with Gasteiger partial charge in [-0.1, -0.05) is 18.2 Å². The van der Waals surface area contributed by atoms with Crippen LogP contribution in [0.3, 0.4) is 0 Å². The highest BCUT2D eigenvalue weighted by atomic mass is 32.2. The number of benzene rings is 3. The summed E-state index contributed by atoms with van der Waals surface area (Å²) in [5.41, 5.74) is 4.59. The maximum absolute atomic E-state index is 12.2. The van der Waals surface area contributed by atoms with Crippen LogP contribution in [-0.2, 0) is 10.0 Å². The molecule has 0 aliphatic carbocycles. The maximum Gasteiger partial charge on any atom is 0.285 e. The Balaban J connectivity index is 1.44. The monoisotopic (exact) mass is 405 g/mol. The molecule has 0 saturated carbocycles. The van der Waals surface area contributed by atoms with E-state index in [4.69, 9.17) is 4.98 Å². The second-order valence-electron chi connectivity index (χ2n) is 6.60. The number of sulfonamides is 1. The maximum atomic E-state index is 12.2. The minimum atomic E-state index is -3.63. The van der Waals surface area contributed by atoms with Crippen molar-refractivity contribution in [1.29, 1.82) is 0 Å². The van der Waals surface area contributed by atoms with Crippen molar-refractivity contribution >= 4 is 43.1 Å². The first-order valence-electron chi connectivity index (χ1n) is 8.69. The molecule has 0 unspecified atom stereocenters. The number of hydrogen-bond acceptors (Lipinski definition) is 5. The van der Waals surface area contributed by atoms with Crippen LogP contribution < -0.4 is 5.32 Å². The summed E-state index contributed by atoms with van der Waals surface area (Å²) in [6.45, 7) is 2.07. The van der Waals surface area contributed by atoms with Crippen LogP contribution in [0.5, 0.6) is 0 Å². The van der Waals surface area contributed by atoms with Crippen molar-refractivity contribution in [3.8, 4) is 10.6 Å². The summed E-state index contributed by atoms with van der Waals surface area (Å²) >= 11 is 1.66. The average molecular weight is 406 g/mol. The van der Waals surface area contributed by atoms with Crippen molar-refractivity contribution in [2.75, 3.05) is 5.32 Å². The molecular weight excluding hydrogens is 390 g/mol. The molecule has 0 amide bonds. The first-order chi connectivity index (χ1) is 13.5. The third-order valence-electron chi connectivity index (χ3n) is 4.57. The number of nitrogens with one attached hydrogen (secondary N) is 1. The molecule has 0 radical (unpaired) electrons. The fourth-order valence-electron chi connectivity index (χ4n) is 3.18. The zero-order valence-electron chi connectivity index (χ0n) is 14.9. The molecule has 1 aromatic heterocycles. The van der Waals surface area contributed by atoms with Crippen molar-refractivity contribution in [2.45, 2.75) is 11.8 Å². The third kappa shape index (κ3) is 2.89. The number of anilines is 1. The molecule has 0 bridgehead atoms. The summed E-state index contributed by atoms with van der Waals surface area (Å²) < 4.78 is 29.4. The molecule has 5 rings (SSSR count). The lowest BCUT2D eigenvalue weighted by Crippen LogP contribution is -2.11. The minimum Gasteiger partial charge on any atom is -0.339 e. The van der Waals surface area contributed by atoms with Gasteiger partial charge in [0.1, 0.15) is 9.90 Å². The molecule has 3 aromatic carbocycles. The number of hydrogen-bond donors (Lipinski definition) is 1. The van der Waals surface area contributed by atoms with E-state index in [0.717, 1.165) is 21.8 Å². The molecule has 7 heteroatoms. The molecule has 138 valence electrons. The SMILES string of the molecule is Cc1ccc2nc(-c3ccc(NC4=NS(=O)(=O)c5ccccc54)cc3)sc2c1. The average Bonchev–Trinajstić information content (AvgIpc) is 3.21. The van der Waals surface area contributed by atoms with E-state index in [9.17, 15) is 8.42 Å². The summed E-state index contributed by atoms with van der Waals surface area (Å²) in [5.74, 6) is 0.346. The van der Waals surface area contributed by atoms with E-state index in [1.165, 1.54) is 10.3 Å². The van der Waals surface area contributed by atoms with Crippen molar-refractivity contribution < 1.29 is 8.42 Å². The summed E-state index contributed by atoms with van der Waals surface area (Å²) in [7, 11) is -3.63. The summed E-state index contributed by atoms with van der Waals surface area (Å²) in [6.07, 6.45) is 0. The van der Waals surface area contributed by atoms with Gasteiger partial charge in [0.25, 0.3) is 10.0 Å². The standard InChI is InChI=1S/C21H15N3O2S2/c1-13-6-11-17-18(12-13)27-21(23-17)14-7-9-15(10-8-14)22-20-16-4-2-3-5-19(16)28(25,26)24-20/h2-12H,1H3,(H,22,24). The molecule has 0 atom stereocenters. The number of aromatic nitrogens is 1. The van der Waals surface area contributed by atoms with Crippen LogP contribution in [0.25, 0.3) is 20.8 Å². The predicted molar refractivity (Wildman–Crippen MR) is 114 cm³/mol. The molecule has 1 N–H and O–H groups in total. The second kappa shape index (κ2) is 6.25. The zero-order chi connectivity index (χ0) is 19.3. The molecule has 28 heavy (non-hydrogen) atoms. The fourth-order valence-corrected chi connectivity index (χ4v) is 5.43.